The Morgan fingerprint density at radius 3 is 3.00 bits per heavy atom. The number of hydrogen-bond acceptors (Lipinski definition) is 3. The second-order valence-corrected chi connectivity index (χ2v) is 4.25. The number of urea groups is 1. The molecule has 17 heavy (non-hydrogen) atoms. The maximum atomic E-state index is 11.9. The van der Waals surface area contributed by atoms with Crippen molar-refractivity contribution in [2.75, 3.05) is 0 Å². The van der Waals surface area contributed by atoms with E-state index in [9.17, 15) is 4.79 Å². The number of pyridine rings is 1. The largest absolute Gasteiger partial charge is 0.338 e. The predicted octanol–water partition coefficient (Wildman–Crippen LogP) is 1.93. The van der Waals surface area contributed by atoms with E-state index in [1.54, 1.807) is 12.4 Å². The van der Waals surface area contributed by atoms with Crippen molar-refractivity contribution in [3.8, 4) is 0 Å². The minimum Gasteiger partial charge on any atom is -0.334 e. The van der Waals surface area contributed by atoms with Crippen LogP contribution in [0.15, 0.2) is 29.5 Å². The van der Waals surface area contributed by atoms with Gasteiger partial charge in [-0.25, -0.2) is 9.80 Å². The van der Waals surface area contributed by atoms with Crippen molar-refractivity contribution in [2.24, 2.45) is 5.10 Å². The highest BCUT2D eigenvalue weighted by atomic mass is 16.2. The number of carbonyl (C=O) groups excluding carboxylic acids is 1. The van der Waals surface area contributed by atoms with Gasteiger partial charge in [-0.05, 0) is 26.0 Å². The Labute approximate surface area is 101 Å². The first-order valence-electron chi connectivity index (χ1n) is 5.71. The summed E-state index contributed by atoms with van der Waals surface area (Å²) in [7, 11) is 0. The molecule has 0 radical (unpaired) electrons. The monoisotopic (exact) mass is 232 g/mol. The van der Waals surface area contributed by atoms with Crippen LogP contribution in [0.25, 0.3) is 0 Å². The van der Waals surface area contributed by atoms with Crippen LogP contribution in [0, 0.1) is 0 Å². The quantitative estimate of drug-likeness (QED) is 0.847. The summed E-state index contributed by atoms with van der Waals surface area (Å²) in [5, 5.41) is 8.39. The minimum atomic E-state index is -0.176. The van der Waals surface area contributed by atoms with Crippen LogP contribution in [0.5, 0.6) is 0 Å². The lowest BCUT2D eigenvalue weighted by Gasteiger charge is -2.22. The second-order valence-electron chi connectivity index (χ2n) is 4.25. The van der Waals surface area contributed by atoms with Crippen LogP contribution in [0.4, 0.5) is 4.79 Å². The van der Waals surface area contributed by atoms with Gasteiger partial charge in [0.1, 0.15) is 6.04 Å². The van der Waals surface area contributed by atoms with Gasteiger partial charge in [0.2, 0.25) is 0 Å². The molecule has 2 rings (SSSR count). The second kappa shape index (κ2) is 4.95. The molecule has 1 atom stereocenters. The molecule has 1 aliphatic rings. The minimum absolute atomic E-state index is 0.0880. The van der Waals surface area contributed by atoms with E-state index < -0.39 is 0 Å². The number of nitrogens with one attached hydrogen (secondary N) is 1. The number of carbonyl (C=O) groups is 1. The number of hydrogen-bond donors (Lipinski definition) is 1. The molecule has 0 saturated heterocycles. The molecule has 0 saturated carbocycles. The van der Waals surface area contributed by atoms with Gasteiger partial charge in [-0.2, -0.15) is 5.10 Å². The van der Waals surface area contributed by atoms with Gasteiger partial charge >= 0.3 is 6.03 Å². The molecule has 5 nitrogen and oxygen atoms in total. The Hall–Kier alpha value is -1.91. The average Bonchev–Trinajstić information content (AvgIpc) is 2.78. The summed E-state index contributed by atoms with van der Waals surface area (Å²) in [6, 6.07) is 5.52. The van der Waals surface area contributed by atoms with Crippen LogP contribution in [0.2, 0.25) is 0 Å². The lowest BCUT2D eigenvalue weighted by atomic mass is 10.1. The topological polar surface area (TPSA) is 57.6 Å². The first-order valence-corrected chi connectivity index (χ1v) is 5.71. The number of hydrazone groups is 1. The summed E-state index contributed by atoms with van der Waals surface area (Å²) in [5.41, 5.74) is 0.865. The predicted molar refractivity (Wildman–Crippen MR) is 65.6 cm³/mol. The first kappa shape index (κ1) is 11.6. The molecule has 0 aromatic carbocycles. The van der Waals surface area contributed by atoms with Gasteiger partial charge in [0, 0.05) is 24.9 Å². The Kier molecular flexibility index (Phi) is 3.37. The Morgan fingerprint density at radius 1 is 1.53 bits per heavy atom. The third-order valence-electron chi connectivity index (χ3n) is 2.48. The fourth-order valence-electron chi connectivity index (χ4n) is 1.74. The zero-order valence-corrected chi connectivity index (χ0v) is 10.00. The Bertz CT molecular complexity index is 416. The molecular weight excluding hydrogens is 216 g/mol. The fourth-order valence-corrected chi connectivity index (χ4v) is 1.74. The molecule has 0 aliphatic carbocycles. The standard InChI is InChI=1S/C12H16N4O/c1-9(2)15-12(17)16-11(6-8-14-16)10-5-3-4-7-13-10/h3-5,7-9,11H,6H2,1-2H3,(H,15,17). The molecule has 0 fully saturated rings. The van der Waals surface area contributed by atoms with E-state index in [-0.39, 0.29) is 18.1 Å². The summed E-state index contributed by atoms with van der Waals surface area (Å²) in [6.45, 7) is 3.85. The summed E-state index contributed by atoms with van der Waals surface area (Å²) in [5.74, 6) is 0. The van der Waals surface area contributed by atoms with Gasteiger partial charge in [0.15, 0.2) is 0 Å². The average molecular weight is 232 g/mol. The molecule has 1 aromatic rings. The smallest absolute Gasteiger partial charge is 0.334 e. The Balaban J connectivity index is 2.12. The van der Waals surface area contributed by atoms with E-state index in [1.807, 2.05) is 32.0 Å². The molecule has 1 unspecified atom stereocenters. The lowest BCUT2D eigenvalue weighted by Crippen LogP contribution is -2.40. The van der Waals surface area contributed by atoms with Crippen molar-refractivity contribution < 1.29 is 4.79 Å². The van der Waals surface area contributed by atoms with Gasteiger partial charge in [0.05, 0.1) is 5.69 Å². The number of aromatic nitrogens is 1. The highest BCUT2D eigenvalue weighted by Gasteiger charge is 2.29. The maximum absolute atomic E-state index is 11.9. The van der Waals surface area contributed by atoms with Crippen LogP contribution in [-0.2, 0) is 0 Å². The number of amides is 2. The zero-order valence-electron chi connectivity index (χ0n) is 10.00. The summed E-state index contributed by atoms with van der Waals surface area (Å²) in [4.78, 5) is 16.2. The van der Waals surface area contributed by atoms with Gasteiger partial charge in [-0.15, -0.1) is 0 Å². The molecule has 1 N–H and O–H groups in total. The molecule has 2 heterocycles. The van der Waals surface area contributed by atoms with E-state index >= 15 is 0 Å². The summed E-state index contributed by atoms with van der Waals surface area (Å²) >= 11 is 0. The molecule has 0 bridgehead atoms. The van der Waals surface area contributed by atoms with Gasteiger partial charge < -0.3 is 5.32 Å². The first-order chi connectivity index (χ1) is 8.18. The summed E-state index contributed by atoms with van der Waals surface area (Å²) < 4.78 is 0. The van der Waals surface area contributed by atoms with Crippen LogP contribution in [0.3, 0.4) is 0 Å². The SMILES string of the molecule is CC(C)NC(=O)N1N=CCC1c1ccccn1. The normalized spacial score (nSPS) is 18.8. The van der Waals surface area contributed by atoms with Crippen molar-refractivity contribution in [3.05, 3.63) is 30.1 Å². The molecule has 90 valence electrons. The van der Waals surface area contributed by atoms with Crippen molar-refractivity contribution in [1.29, 1.82) is 0 Å². The van der Waals surface area contributed by atoms with Crippen molar-refractivity contribution in [3.63, 3.8) is 0 Å². The van der Waals surface area contributed by atoms with E-state index in [4.69, 9.17) is 0 Å². The number of nitrogens with zero attached hydrogens (tertiary/aromatic N) is 3. The number of rotatable bonds is 2. The van der Waals surface area contributed by atoms with Crippen LogP contribution in [0.1, 0.15) is 32.0 Å². The zero-order chi connectivity index (χ0) is 12.3. The van der Waals surface area contributed by atoms with Crippen molar-refractivity contribution in [2.45, 2.75) is 32.4 Å². The summed E-state index contributed by atoms with van der Waals surface area (Å²) in [6.07, 6.45) is 4.19. The van der Waals surface area contributed by atoms with Crippen LogP contribution >= 0.6 is 0 Å². The van der Waals surface area contributed by atoms with Crippen LogP contribution < -0.4 is 5.32 Å². The van der Waals surface area contributed by atoms with Crippen LogP contribution in [-0.4, -0.2) is 28.3 Å². The van der Waals surface area contributed by atoms with E-state index in [0.717, 1.165) is 5.69 Å². The maximum Gasteiger partial charge on any atom is 0.338 e. The molecule has 1 aromatic heterocycles. The van der Waals surface area contributed by atoms with Gasteiger partial charge in [-0.3, -0.25) is 4.98 Å². The molecule has 5 heteroatoms. The molecule has 2 amide bonds. The van der Waals surface area contributed by atoms with E-state index in [0.29, 0.717) is 6.42 Å². The van der Waals surface area contributed by atoms with E-state index in [1.165, 1.54) is 5.01 Å². The highest BCUT2D eigenvalue weighted by Crippen LogP contribution is 2.26. The molecule has 1 aliphatic heterocycles. The third-order valence-corrected chi connectivity index (χ3v) is 2.48. The third kappa shape index (κ3) is 2.61. The van der Waals surface area contributed by atoms with Crippen molar-refractivity contribution in [1.82, 2.24) is 15.3 Å². The Morgan fingerprint density at radius 2 is 2.35 bits per heavy atom. The lowest BCUT2D eigenvalue weighted by molar-refractivity contribution is 0.182. The molecular formula is C12H16N4O. The van der Waals surface area contributed by atoms with Crippen molar-refractivity contribution >= 4 is 12.2 Å². The van der Waals surface area contributed by atoms with E-state index in [2.05, 4.69) is 15.4 Å². The highest BCUT2D eigenvalue weighted by molar-refractivity contribution is 5.78. The van der Waals surface area contributed by atoms with Gasteiger partial charge in [0.25, 0.3) is 0 Å². The fraction of sp³-hybridized carbons (Fsp3) is 0.417. The van der Waals surface area contributed by atoms with Gasteiger partial charge in [-0.1, -0.05) is 6.07 Å². The molecule has 0 spiro atoms.